The SMILES string of the molecule is COCCCOCCOc1ccc(Br)cc1C(C)N. The van der Waals surface area contributed by atoms with Gasteiger partial charge in [-0.2, -0.15) is 0 Å². The van der Waals surface area contributed by atoms with Crippen molar-refractivity contribution >= 4 is 15.9 Å². The largest absolute Gasteiger partial charge is 0.491 e. The van der Waals surface area contributed by atoms with Crippen LogP contribution in [0.1, 0.15) is 24.9 Å². The van der Waals surface area contributed by atoms with E-state index >= 15 is 0 Å². The number of benzene rings is 1. The number of hydrogen-bond acceptors (Lipinski definition) is 4. The van der Waals surface area contributed by atoms with Crippen LogP contribution in [0.3, 0.4) is 0 Å². The van der Waals surface area contributed by atoms with E-state index < -0.39 is 0 Å². The molecule has 1 aromatic rings. The molecule has 19 heavy (non-hydrogen) atoms. The predicted molar refractivity (Wildman–Crippen MR) is 79.6 cm³/mol. The first-order chi connectivity index (χ1) is 9.15. The third-order valence-corrected chi connectivity index (χ3v) is 3.08. The lowest BCUT2D eigenvalue weighted by atomic mass is 10.1. The van der Waals surface area contributed by atoms with Crippen LogP contribution in [0, 0.1) is 0 Å². The molecule has 0 saturated carbocycles. The summed E-state index contributed by atoms with van der Waals surface area (Å²) >= 11 is 3.43. The molecule has 0 bridgehead atoms. The highest BCUT2D eigenvalue weighted by molar-refractivity contribution is 9.10. The van der Waals surface area contributed by atoms with Crippen LogP contribution in [0.2, 0.25) is 0 Å². The van der Waals surface area contributed by atoms with Gasteiger partial charge in [0.1, 0.15) is 12.4 Å². The van der Waals surface area contributed by atoms with E-state index in [1.165, 1.54) is 0 Å². The molecule has 0 fully saturated rings. The molecule has 1 unspecified atom stereocenters. The standard InChI is InChI=1S/C14H22BrNO3/c1-11(16)13-10-12(15)4-5-14(13)19-9-8-18-7-3-6-17-2/h4-5,10-11H,3,6-9,16H2,1-2H3. The van der Waals surface area contributed by atoms with E-state index in [0.29, 0.717) is 19.8 Å². The zero-order chi connectivity index (χ0) is 14.1. The van der Waals surface area contributed by atoms with Crippen molar-refractivity contribution in [2.75, 3.05) is 33.5 Å². The van der Waals surface area contributed by atoms with Gasteiger partial charge in [-0.3, -0.25) is 0 Å². The summed E-state index contributed by atoms with van der Waals surface area (Å²) in [5.74, 6) is 0.818. The Labute approximate surface area is 123 Å². The van der Waals surface area contributed by atoms with Crippen molar-refractivity contribution in [3.63, 3.8) is 0 Å². The molecule has 1 aromatic carbocycles. The van der Waals surface area contributed by atoms with Crippen LogP contribution < -0.4 is 10.5 Å². The summed E-state index contributed by atoms with van der Waals surface area (Å²) in [6.45, 7) is 4.45. The minimum atomic E-state index is -0.0601. The Morgan fingerprint density at radius 1 is 1.21 bits per heavy atom. The third kappa shape index (κ3) is 6.38. The monoisotopic (exact) mass is 331 g/mol. The second kappa shape index (κ2) is 9.31. The molecule has 0 aliphatic rings. The average molecular weight is 332 g/mol. The maximum absolute atomic E-state index is 5.92. The smallest absolute Gasteiger partial charge is 0.124 e. The Bertz CT molecular complexity index is 372. The second-order valence-electron chi connectivity index (χ2n) is 4.28. The maximum atomic E-state index is 5.92. The van der Waals surface area contributed by atoms with Crippen molar-refractivity contribution in [3.05, 3.63) is 28.2 Å². The highest BCUT2D eigenvalue weighted by atomic mass is 79.9. The van der Waals surface area contributed by atoms with Crippen molar-refractivity contribution in [1.82, 2.24) is 0 Å². The van der Waals surface area contributed by atoms with Crippen LogP contribution in [0.5, 0.6) is 5.75 Å². The first-order valence-electron chi connectivity index (χ1n) is 6.39. The molecule has 0 amide bonds. The minimum Gasteiger partial charge on any atom is -0.491 e. The summed E-state index contributed by atoms with van der Waals surface area (Å²) < 4.78 is 17.1. The molecule has 0 radical (unpaired) electrons. The highest BCUT2D eigenvalue weighted by Gasteiger charge is 2.08. The van der Waals surface area contributed by atoms with Crippen LogP contribution in [0.25, 0.3) is 0 Å². The molecule has 108 valence electrons. The summed E-state index contributed by atoms with van der Waals surface area (Å²) in [7, 11) is 1.69. The van der Waals surface area contributed by atoms with Gasteiger partial charge in [0.25, 0.3) is 0 Å². The van der Waals surface area contributed by atoms with Gasteiger partial charge in [0.15, 0.2) is 0 Å². The molecule has 4 nitrogen and oxygen atoms in total. The molecule has 0 heterocycles. The lowest BCUT2D eigenvalue weighted by molar-refractivity contribution is 0.0803. The molecular weight excluding hydrogens is 310 g/mol. The van der Waals surface area contributed by atoms with Gasteiger partial charge >= 0.3 is 0 Å². The number of ether oxygens (including phenoxy) is 3. The van der Waals surface area contributed by atoms with Crippen molar-refractivity contribution in [1.29, 1.82) is 0 Å². The summed E-state index contributed by atoms with van der Waals surface area (Å²) in [5, 5.41) is 0. The minimum absolute atomic E-state index is 0.0601. The number of nitrogens with two attached hydrogens (primary N) is 1. The van der Waals surface area contributed by atoms with E-state index in [9.17, 15) is 0 Å². The van der Waals surface area contributed by atoms with Crippen molar-refractivity contribution in [2.24, 2.45) is 5.73 Å². The van der Waals surface area contributed by atoms with E-state index in [1.807, 2.05) is 25.1 Å². The van der Waals surface area contributed by atoms with Gasteiger partial charge in [-0.1, -0.05) is 15.9 Å². The van der Waals surface area contributed by atoms with E-state index in [-0.39, 0.29) is 6.04 Å². The van der Waals surface area contributed by atoms with Crippen molar-refractivity contribution in [2.45, 2.75) is 19.4 Å². The first-order valence-corrected chi connectivity index (χ1v) is 7.19. The highest BCUT2D eigenvalue weighted by Crippen LogP contribution is 2.27. The van der Waals surface area contributed by atoms with E-state index in [1.54, 1.807) is 7.11 Å². The van der Waals surface area contributed by atoms with Crippen LogP contribution in [-0.4, -0.2) is 33.5 Å². The number of rotatable bonds is 9. The topological polar surface area (TPSA) is 53.7 Å². The van der Waals surface area contributed by atoms with Gasteiger partial charge in [-0.05, 0) is 31.5 Å². The fraction of sp³-hybridized carbons (Fsp3) is 0.571. The molecule has 1 atom stereocenters. The third-order valence-electron chi connectivity index (χ3n) is 2.58. The zero-order valence-electron chi connectivity index (χ0n) is 11.5. The van der Waals surface area contributed by atoms with Crippen LogP contribution in [-0.2, 0) is 9.47 Å². The van der Waals surface area contributed by atoms with E-state index in [0.717, 1.165) is 28.8 Å². The molecule has 0 saturated heterocycles. The quantitative estimate of drug-likeness (QED) is 0.707. The summed E-state index contributed by atoms with van der Waals surface area (Å²) in [6.07, 6.45) is 0.903. The molecule has 0 aliphatic carbocycles. The van der Waals surface area contributed by atoms with E-state index in [4.69, 9.17) is 19.9 Å². The average Bonchev–Trinajstić information content (AvgIpc) is 2.39. The zero-order valence-corrected chi connectivity index (χ0v) is 13.1. The van der Waals surface area contributed by atoms with Gasteiger partial charge < -0.3 is 19.9 Å². The van der Waals surface area contributed by atoms with Crippen LogP contribution in [0.15, 0.2) is 22.7 Å². The normalized spacial score (nSPS) is 12.4. The van der Waals surface area contributed by atoms with Gasteiger partial charge in [0, 0.05) is 36.4 Å². The van der Waals surface area contributed by atoms with Crippen molar-refractivity contribution < 1.29 is 14.2 Å². The van der Waals surface area contributed by atoms with Gasteiger partial charge in [-0.25, -0.2) is 0 Å². The summed E-state index contributed by atoms with van der Waals surface area (Å²) in [5.41, 5.74) is 6.92. The lowest BCUT2D eigenvalue weighted by Crippen LogP contribution is -2.12. The summed E-state index contributed by atoms with van der Waals surface area (Å²) in [4.78, 5) is 0. The Kier molecular flexibility index (Phi) is 8.05. The summed E-state index contributed by atoms with van der Waals surface area (Å²) in [6, 6.07) is 5.79. The fourth-order valence-electron chi connectivity index (χ4n) is 1.62. The molecule has 0 spiro atoms. The Morgan fingerprint density at radius 3 is 2.68 bits per heavy atom. The van der Waals surface area contributed by atoms with E-state index in [2.05, 4.69) is 15.9 Å². The van der Waals surface area contributed by atoms with Crippen LogP contribution >= 0.6 is 15.9 Å². The van der Waals surface area contributed by atoms with Crippen molar-refractivity contribution in [3.8, 4) is 5.75 Å². The second-order valence-corrected chi connectivity index (χ2v) is 5.19. The Morgan fingerprint density at radius 2 is 2.00 bits per heavy atom. The molecule has 1 rings (SSSR count). The number of halogens is 1. The molecular formula is C14H22BrNO3. The Hall–Kier alpha value is -0.620. The first kappa shape index (κ1) is 16.4. The number of hydrogen-bond donors (Lipinski definition) is 1. The van der Waals surface area contributed by atoms with Crippen LogP contribution in [0.4, 0.5) is 0 Å². The van der Waals surface area contributed by atoms with Gasteiger partial charge in [-0.15, -0.1) is 0 Å². The predicted octanol–water partition coefficient (Wildman–Crippen LogP) is 2.90. The maximum Gasteiger partial charge on any atom is 0.124 e. The fourth-order valence-corrected chi connectivity index (χ4v) is 2.00. The Balaban J connectivity index is 2.33. The molecule has 5 heteroatoms. The molecule has 0 aromatic heterocycles. The lowest BCUT2D eigenvalue weighted by Gasteiger charge is -2.14. The van der Waals surface area contributed by atoms with Gasteiger partial charge in [0.05, 0.1) is 6.61 Å². The molecule has 2 N–H and O–H groups in total. The van der Waals surface area contributed by atoms with Gasteiger partial charge in [0.2, 0.25) is 0 Å². The molecule has 0 aliphatic heterocycles. The number of methoxy groups -OCH3 is 1.